The van der Waals surface area contributed by atoms with E-state index >= 15 is 0 Å². The molecule has 7 nitrogen and oxygen atoms in total. The van der Waals surface area contributed by atoms with Crippen molar-refractivity contribution in [3.05, 3.63) is 70.4 Å². The number of nitrogens with one attached hydrogen (secondary N) is 1. The smallest absolute Gasteiger partial charge is 0.249 e. The number of pyridine rings is 1. The van der Waals surface area contributed by atoms with Gasteiger partial charge in [0.2, 0.25) is 5.91 Å². The van der Waals surface area contributed by atoms with Gasteiger partial charge < -0.3 is 9.84 Å². The van der Waals surface area contributed by atoms with Gasteiger partial charge in [0.1, 0.15) is 5.75 Å². The fourth-order valence-corrected chi connectivity index (χ4v) is 5.14. The highest BCUT2D eigenvalue weighted by atomic mass is 35.5. The van der Waals surface area contributed by atoms with Gasteiger partial charge in [-0.3, -0.25) is 19.9 Å². The number of aromatic nitrogens is 1. The Hall–Kier alpha value is -3.29. The zero-order valence-electron chi connectivity index (χ0n) is 20.8. The molecule has 1 fully saturated rings. The summed E-state index contributed by atoms with van der Waals surface area (Å²) in [5.74, 6) is 4.02. The van der Waals surface area contributed by atoms with Gasteiger partial charge in [-0.1, -0.05) is 23.4 Å². The Morgan fingerprint density at radius 2 is 2.00 bits per heavy atom. The van der Waals surface area contributed by atoms with E-state index in [1.807, 2.05) is 4.90 Å². The predicted molar refractivity (Wildman–Crippen MR) is 139 cm³/mol. The summed E-state index contributed by atoms with van der Waals surface area (Å²) in [5.41, 5.74) is 2.47. The Balaban J connectivity index is 1.43. The van der Waals surface area contributed by atoms with Gasteiger partial charge in [-0.25, -0.2) is 14.3 Å². The maximum absolute atomic E-state index is 13.4. The van der Waals surface area contributed by atoms with E-state index in [0.717, 1.165) is 12.1 Å². The fourth-order valence-electron chi connectivity index (χ4n) is 4.87. The van der Waals surface area contributed by atoms with Crippen molar-refractivity contribution in [2.45, 2.75) is 31.8 Å². The molecule has 200 valence electrons. The minimum Gasteiger partial charge on any atom is -0.497 e. The molecular weight excluding hydrogens is 516 g/mol. The molecule has 1 aromatic heterocycles. The van der Waals surface area contributed by atoms with Crippen LogP contribution in [-0.4, -0.2) is 52.8 Å². The van der Waals surface area contributed by atoms with Crippen molar-refractivity contribution in [3.8, 4) is 17.6 Å². The standard InChI is InChI=1S/C28H28ClF2N3O4/c1-38-19-5-7-24-20(16-19)26(21(29)17-32-24)25(35)8-9-28(27(36)33-37)10-13-34(14-11-28)12-2-3-18-4-6-22(30)23(31)15-18/h4-7,15-17,25,35,37H,8-14H2,1H3,(H,33,36)/t25-/m1/s1. The zero-order valence-corrected chi connectivity index (χ0v) is 21.6. The lowest BCUT2D eigenvalue weighted by Crippen LogP contribution is -2.48. The Morgan fingerprint density at radius 3 is 2.68 bits per heavy atom. The van der Waals surface area contributed by atoms with Crippen LogP contribution in [0.4, 0.5) is 8.78 Å². The number of aliphatic hydroxyl groups is 1. The number of likely N-dealkylation sites (tertiary alicyclic amines) is 1. The van der Waals surface area contributed by atoms with Gasteiger partial charge in [0.15, 0.2) is 11.6 Å². The number of ether oxygens (including phenoxy) is 1. The molecule has 4 rings (SSSR count). The summed E-state index contributed by atoms with van der Waals surface area (Å²) in [4.78, 5) is 19.1. The molecule has 0 saturated carbocycles. The Kier molecular flexibility index (Phi) is 8.80. The van der Waals surface area contributed by atoms with E-state index in [1.165, 1.54) is 12.3 Å². The van der Waals surface area contributed by atoms with Crippen LogP contribution in [0.25, 0.3) is 10.9 Å². The van der Waals surface area contributed by atoms with Crippen LogP contribution in [-0.2, 0) is 4.79 Å². The monoisotopic (exact) mass is 543 g/mol. The second-order valence-corrected chi connectivity index (χ2v) is 9.79. The molecule has 1 atom stereocenters. The number of benzene rings is 2. The number of hydrogen-bond acceptors (Lipinski definition) is 6. The molecule has 0 spiro atoms. The van der Waals surface area contributed by atoms with Crippen LogP contribution in [0.2, 0.25) is 5.02 Å². The van der Waals surface area contributed by atoms with Crippen LogP contribution in [0, 0.1) is 28.9 Å². The van der Waals surface area contributed by atoms with Crippen molar-refractivity contribution < 1.29 is 28.6 Å². The number of methoxy groups -OCH3 is 1. The van der Waals surface area contributed by atoms with Gasteiger partial charge in [0.25, 0.3) is 0 Å². The van der Waals surface area contributed by atoms with Crippen molar-refractivity contribution in [1.82, 2.24) is 15.4 Å². The van der Waals surface area contributed by atoms with Crippen LogP contribution in [0.3, 0.4) is 0 Å². The Bertz CT molecular complexity index is 1380. The summed E-state index contributed by atoms with van der Waals surface area (Å²) in [7, 11) is 1.55. The molecule has 2 aromatic carbocycles. The molecule has 38 heavy (non-hydrogen) atoms. The van der Waals surface area contributed by atoms with Gasteiger partial charge >= 0.3 is 0 Å². The molecule has 1 saturated heterocycles. The van der Waals surface area contributed by atoms with E-state index in [2.05, 4.69) is 16.8 Å². The number of piperidine rings is 1. The number of nitrogens with zero attached hydrogens (tertiary/aromatic N) is 2. The lowest BCUT2D eigenvalue weighted by Gasteiger charge is -2.40. The van der Waals surface area contributed by atoms with Crippen molar-refractivity contribution in [1.29, 1.82) is 0 Å². The number of amides is 1. The number of fused-ring (bicyclic) bond motifs is 1. The van der Waals surface area contributed by atoms with Gasteiger partial charge in [-0.05, 0) is 62.1 Å². The number of aliphatic hydroxyl groups excluding tert-OH is 1. The molecule has 0 bridgehead atoms. The molecule has 3 aromatic rings. The van der Waals surface area contributed by atoms with Crippen molar-refractivity contribution in [2.24, 2.45) is 5.41 Å². The van der Waals surface area contributed by atoms with E-state index in [4.69, 9.17) is 16.3 Å². The molecule has 10 heteroatoms. The lowest BCUT2D eigenvalue weighted by atomic mass is 9.73. The normalized spacial score (nSPS) is 15.9. The highest BCUT2D eigenvalue weighted by Crippen LogP contribution is 2.41. The molecule has 3 N–H and O–H groups in total. The average Bonchev–Trinajstić information content (AvgIpc) is 2.93. The number of carbonyl (C=O) groups excluding carboxylic acids is 1. The third kappa shape index (κ3) is 6.05. The molecule has 0 aliphatic carbocycles. The Morgan fingerprint density at radius 1 is 1.24 bits per heavy atom. The van der Waals surface area contributed by atoms with Gasteiger partial charge in [-0.2, -0.15) is 0 Å². The maximum atomic E-state index is 13.4. The first-order chi connectivity index (χ1) is 18.3. The van der Waals surface area contributed by atoms with Crippen LogP contribution >= 0.6 is 11.6 Å². The summed E-state index contributed by atoms with van der Waals surface area (Å²) in [5, 5.41) is 21.6. The first-order valence-corrected chi connectivity index (χ1v) is 12.5. The molecule has 0 radical (unpaired) electrons. The predicted octanol–water partition coefficient (Wildman–Crippen LogP) is 4.63. The highest BCUT2D eigenvalue weighted by Gasteiger charge is 2.41. The highest BCUT2D eigenvalue weighted by molar-refractivity contribution is 6.32. The zero-order chi connectivity index (χ0) is 27.3. The lowest BCUT2D eigenvalue weighted by molar-refractivity contribution is -0.143. The number of rotatable bonds is 7. The summed E-state index contributed by atoms with van der Waals surface area (Å²) < 4.78 is 31.8. The quantitative estimate of drug-likeness (QED) is 0.228. The summed E-state index contributed by atoms with van der Waals surface area (Å²) in [6, 6.07) is 8.83. The summed E-state index contributed by atoms with van der Waals surface area (Å²) >= 11 is 6.43. The molecule has 2 heterocycles. The third-order valence-electron chi connectivity index (χ3n) is 7.15. The summed E-state index contributed by atoms with van der Waals surface area (Å²) in [6.45, 7) is 1.46. The van der Waals surface area contributed by atoms with E-state index in [0.29, 0.717) is 71.7 Å². The molecular formula is C28H28ClF2N3O4. The van der Waals surface area contributed by atoms with Crippen LogP contribution in [0.1, 0.15) is 42.9 Å². The van der Waals surface area contributed by atoms with E-state index in [-0.39, 0.29) is 6.42 Å². The second kappa shape index (κ2) is 12.0. The van der Waals surface area contributed by atoms with Crippen molar-refractivity contribution in [2.75, 3.05) is 26.7 Å². The first-order valence-electron chi connectivity index (χ1n) is 12.2. The molecule has 1 aliphatic heterocycles. The van der Waals surface area contributed by atoms with E-state index < -0.39 is 29.1 Å². The van der Waals surface area contributed by atoms with Gasteiger partial charge in [0, 0.05) is 35.8 Å². The Labute approximate surface area is 224 Å². The van der Waals surface area contributed by atoms with Gasteiger partial charge in [-0.15, -0.1) is 0 Å². The minimum absolute atomic E-state index is 0.236. The van der Waals surface area contributed by atoms with E-state index in [9.17, 15) is 23.9 Å². The van der Waals surface area contributed by atoms with Gasteiger partial charge in [0.05, 0.1) is 35.7 Å². The maximum Gasteiger partial charge on any atom is 0.249 e. The fraction of sp³-hybridized carbons (Fsp3) is 0.357. The number of halogens is 3. The minimum atomic E-state index is -0.969. The first kappa shape index (κ1) is 27.7. The number of hydroxylamine groups is 1. The summed E-state index contributed by atoms with van der Waals surface area (Å²) in [6.07, 6.45) is 1.96. The number of hydrogen-bond donors (Lipinski definition) is 3. The van der Waals surface area contributed by atoms with Crippen LogP contribution < -0.4 is 10.2 Å². The average molecular weight is 544 g/mol. The molecule has 0 unspecified atom stereocenters. The van der Waals surface area contributed by atoms with Crippen LogP contribution in [0.5, 0.6) is 5.75 Å². The molecule has 1 amide bonds. The SMILES string of the molecule is COc1ccc2ncc(Cl)c([C@H](O)CCC3(C(=O)NO)CCN(CC#Cc4ccc(F)c(F)c4)CC3)c2c1. The van der Waals surface area contributed by atoms with E-state index in [1.54, 1.807) is 30.8 Å². The molecule has 1 aliphatic rings. The topological polar surface area (TPSA) is 94.9 Å². The second-order valence-electron chi connectivity index (χ2n) is 9.39. The van der Waals surface area contributed by atoms with Crippen molar-refractivity contribution >= 4 is 28.4 Å². The largest absolute Gasteiger partial charge is 0.497 e. The third-order valence-corrected chi connectivity index (χ3v) is 7.45. The number of carbonyl (C=O) groups is 1. The van der Waals surface area contributed by atoms with Crippen LogP contribution in [0.15, 0.2) is 42.6 Å². The van der Waals surface area contributed by atoms with Crippen molar-refractivity contribution in [3.63, 3.8) is 0 Å².